The van der Waals surface area contributed by atoms with Crippen LogP contribution in [0.1, 0.15) is 22.8 Å². The van der Waals surface area contributed by atoms with Gasteiger partial charge in [0.15, 0.2) is 0 Å². The lowest BCUT2D eigenvalue weighted by Crippen LogP contribution is -2.28. The molecule has 0 aliphatic rings. The molecule has 2 rings (SSSR count). The lowest BCUT2D eigenvalue weighted by Gasteiger charge is -2.15. The quantitative estimate of drug-likeness (QED) is 0.880. The van der Waals surface area contributed by atoms with Gasteiger partial charge in [-0.25, -0.2) is 4.98 Å². The van der Waals surface area contributed by atoms with E-state index in [1.165, 1.54) is 0 Å². The van der Waals surface area contributed by atoms with Gasteiger partial charge in [-0.2, -0.15) is 0 Å². The highest BCUT2D eigenvalue weighted by molar-refractivity contribution is 7.99. The number of hydrogen-bond donors (Lipinski definition) is 1. The molecule has 6 nitrogen and oxygen atoms in total. The first-order chi connectivity index (χ1) is 9.58. The van der Waals surface area contributed by atoms with Gasteiger partial charge in [-0.15, -0.1) is 11.8 Å². The Morgan fingerprint density at radius 1 is 1.50 bits per heavy atom. The van der Waals surface area contributed by atoms with E-state index >= 15 is 0 Å². The van der Waals surface area contributed by atoms with E-state index in [1.54, 1.807) is 36.1 Å². The van der Waals surface area contributed by atoms with E-state index in [4.69, 9.17) is 4.52 Å². The topological polar surface area (TPSA) is 75.0 Å². The lowest BCUT2D eigenvalue weighted by molar-refractivity contribution is -0.127. The number of aryl methyl sites for hydroxylation is 2. The Morgan fingerprint density at radius 3 is 2.90 bits per heavy atom. The van der Waals surface area contributed by atoms with Crippen LogP contribution in [0.15, 0.2) is 16.9 Å². The van der Waals surface area contributed by atoms with Gasteiger partial charge in [0.2, 0.25) is 5.91 Å². The van der Waals surface area contributed by atoms with Crippen molar-refractivity contribution in [1.82, 2.24) is 20.0 Å². The first-order valence-electron chi connectivity index (χ1n) is 6.29. The molecule has 2 aromatic rings. The predicted molar refractivity (Wildman–Crippen MR) is 77.2 cm³/mol. The first-order valence-corrected chi connectivity index (χ1v) is 7.45. The Morgan fingerprint density at radius 2 is 2.30 bits per heavy atom. The van der Waals surface area contributed by atoms with E-state index in [1.807, 2.05) is 13.8 Å². The average molecular weight is 294 g/mol. The molecule has 2 aromatic heterocycles. The van der Waals surface area contributed by atoms with Crippen LogP contribution in [0.3, 0.4) is 0 Å². The largest absolute Gasteiger partial charge is 0.361 e. The zero-order valence-corrected chi connectivity index (χ0v) is 12.7. The van der Waals surface area contributed by atoms with Crippen molar-refractivity contribution in [3.63, 3.8) is 0 Å². The minimum absolute atomic E-state index is 0.0816. The predicted octanol–water partition coefficient (Wildman–Crippen LogP) is 1.91. The number of aromatic amines is 1. The molecule has 0 aliphatic carbocycles. The van der Waals surface area contributed by atoms with Crippen LogP contribution in [-0.4, -0.2) is 38.7 Å². The summed E-state index contributed by atoms with van der Waals surface area (Å²) >= 11 is 1.57. The maximum absolute atomic E-state index is 12.0. The van der Waals surface area contributed by atoms with Gasteiger partial charge in [-0.05, 0) is 13.8 Å². The van der Waals surface area contributed by atoms with Crippen molar-refractivity contribution in [2.24, 2.45) is 0 Å². The van der Waals surface area contributed by atoms with E-state index in [9.17, 15) is 4.79 Å². The molecule has 1 amide bonds. The molecule has 108 valence electrons. The lowest BCUT2D eigenvalue weighted by atomic mass is 10.2. The number of thioether (sulfide) groups is 1. The molecule has 0 bridgehead atoms. The van der Waals surface area contributed by atoms with Crippen molar-refractivity contribution >= 4 is 17.7 Å². The van der Waals surface area contributed by atoms with Gasteiger partial charge in [-0.1, -0.05) is 5.16 Å². The van der Waals surface area contributed by atoms with E-state index in [-0.39, 0.29) is 5.91 Å². The Kier molecular flexibility index (Phi) is 4.84. The zero-order chi connectivity index (χ0) is 14.5. The molecule has 0 saturated carbocycles. The van der Waals surface area contributed by atoms with Gasteiger partial charge in [0.25, 0.3) is 0 Å². The van der Waals surface area contributed by atoms with Crippen LogP contribution in [0.25, 0.3) is 0 Å². The standard InChI is InChI=1S/C13H18N4O2S/c1-9-11(10(2)19-16-9)7-20-8-13(18)17(3)6-12-14-4-5-15-12/h4-5H,6-8H2,1-3H3,(H,14,15). The van der Waals surface area contributed by atoms with Crippen molar-refractivity contribution in [2.45, 2.75) is 26.1 Å². The van der Waals surface area contributed by atoms with Gasteiger partial charge in [0, 0.05) is 30.8 Å². The smallest absolute Gasteiger partial charge is 0.232 e. The van der Waals surface area contributed by atoms with Crippen LogP contribution < -0.4 is 0 Å². The fraction of sp³-hybridized carbons (Fsp3) is 0.462. The Labute approximate surface area is 121 Å². The summed E-state index contributed by atoms with van der Waals surface area (Å²) in [5.41, 5.74) is 1.97. The maximum Gasteiger partial charge on any atom is 0.232 e. The zero-order valence-electron chi connectivity index (χ0n) is 11.8. The van der Waals surface area contributed by atoms with Crippen molar-refractivity contribution < 1.29 is 9.32 Å². The second-order valence-corrected chi connectivity index (χ2v) is 5.57. The molecule has 0 atom stereocenters. The third-order valence-electron chi connectivity index (χ3n) is 3.02. The summed E-state index contributed by atoms with van der Waals surface area (Å²) in [5, 5.41) is 3.90. The van der Waals surface area contributed by atoms with E-state index in [2.05, 4.69) is 15.1 Å². The van der Waals surface area contributed by atoms with Crippen LogP contribution in [-0.2, 0) is 17.1 Å². The van der Waals surface area contributed by atoms with Crippen molar-refractivity contribution in [3.8, 4) is 0 Å². The average Bonchev–Trinajstić information content (AvgIpc) is 3.02. The molecule has 7 heteroatoms. The van der Waals surface area contributed by atoms with Crippen LogP contribution >= 0.6 is 11.8 Å². The minimum atomic E-state index is 0.0816. The van der Waals surface area contributed by atoms with Crippen molar-refractivity contribution in [1.29, 1.82) is 0 Å². The second kappa shape index (κ2) is 6.60. The number of carbonyl (C=O) groups is 1. The van der Waals surface area contributed by atoms with Gasteiger partial charge < -0.3 is 14.4 Å². The fourth-order valence-electron chi connectivity index (χ4n) is 1.76. The molecular weight excluding hydrogens is 276 g/mol. The SMILES string of the molecule is Cc1noc(C)c1CSCC(=O)N(C)Cc1ncc[nH]1. The number of imidazole rings is 1. The highest BCUT2D eigenvalue weighted by atomic mass is 32.2. The molecule has 0 saturated heterocycles. The molecule has 0 fully saturated rings. The number of rotatable bonds is 6. The van der Waals surface area contributed by atoms with E-state index in [0.717, 1.165) is 28.6 Å². The summed E-state index contributed by atoms with van der Waals surface area (Å²) in [6, 6.07) is 0. The third-order valence-corrected chi connectivity index (χ3v) is 3.96. The number of carbonyl (C=O) groups excluding carboxylic acids is 1. The minimum Gasteiger partial charge on any atom is -0.361 e. The molecule has 2 heterocycles. The molecule has 0 aromatic carbocycles. The fourth-order valence-corrected chi connectivity index (χ4v) is 2.87. The van der Waals surface area contributed by atoms with Gasteiger partial charge in [0.05, 0.1) is 18.0 Å². The number of aromatic nitrogens is 3. The first kappa shape index (κ1) is 14.6. The number of H-pyrrole nitrogens is 1. The number of amides is 1. The van der Waals surface area contributed by atoms with Gasteiger partial charge >= 0.3 is 0 Å². The molecule has 0 aliphatic heterocycles. The molecule has 0 unspecified atom stereocenters. The number of nitrogens with zero attached hydrogens (tertiary/aromatic N) is 3. The molecule has 1 N–H and O–H groups in total. The summed E-state index contributed by atoms with van der Waals surface area (Å²) in [7, 11) is 1.78. The number of hydrogen-bond acceptors (Lipinski definition) is 5. The van der Waals surface area contributed by atoms with E-state index < -0.39 is 0 Å². The molecule has 0 radical (unpaired) electrons. The summed E-state index contributed by atoms with van der Waals surface area (Å²) < 4.78 is 5.10. The van der Waals surface area contributed by atoms with Gasteiger partial charge in [-0.3, -0.25) is 4.79 Å². The van der Waals surface area contributed by atoms with E-state index in [0.29, 0.717) is 12.3 Å². The molecule has 20 heavy (non-hydrogen) atoms. The van der Waals surface area contributed by atoms with Gasteiger partial charge in [0.1, 0.15) is 11.6 Å². The van der Waals surface area contributed by atoms with Crippen LogP contribution in [0.2, 0.25) is 0 Å². The Balaban J connectivity index is 1.77. The summed E-state index contributed by atoms with van der Waals surface area (Å²) in [4.78, 5) is 20.7. The van der Waals surface area contributed by atoms with Crippen LogP contribution in [0, 0.1) is 13.8 Å². The van der Waals surface area contributed by atoms with Crippen molar-refractivity contribution in [3.05, 3.63) is 35.2 Å². The normalized spacial score (nSPS) is 10.8. The summed E-state index contributed by atoms with van der Waals surface area (Å²) in [6.45, 7) is 4.30. The highest BCUT2D eigenvalue weighted by Crippen LogP contribution is 2.19. The molecule has 0 spiro atoms. The summed E-state index contributed by atoms with van der Waals surface area (Å²) in [6.07, 6.45) is 3.43. The Bertz CT molecular complexity index is 545. The second-order valence-electron chi connectivity index (χ2n) is 4.58. The Hall–Kier alpha value is -1.76. The maximum atomic E-state index is 12.0. The third kappa shape index (κ3) is 3.63. The summed E-state index contributed by atoms with van der Waals surface area (Å²) in [5.74, 6) is 2.86. The van der Waals surface area contributed by atoms with Crippen molar-refractivity contribution in [2.75, 3.05) is 12.8 Å². The van der Waals surface area contributed by atoms with Crippen LogP contribution in [0.4, 0.5) is 0 Å². The highest BCUT2D eigenvalue weighted by Gasteiger charge is 2.13. The number of nitrogens with one attached hydrogen (secondary N) is 1. The monoisotopic (exact) mass is 294 g/mol. The van der Waals surface area contributed by atoms with Crippen LogP contribution in [0.5, 0.6) is 0 Å². The molecular formula is C13H18N4O2S.